The van der Waals surface area contributed by atoms with Gasteiger partial charge in [0.2, 0.25) is 0 Å². The number of ether oxygens (including phenoxy) is 2. The summed E-state index contributed by atoms with van der Waals surface area (Å²) in [5, 5.41) is 0. The van der Waals surface area contributed by atoms with Crippen LogP contribution in [0, 0.1) is 0 Å². The molecule has 0 fully saturated rings. The van der Waals surface area contributed by atoms with Gasteiger partial charge >= 0.3 is 0 Å². The molecule has 0 aromatic heterocycles. The molecule has 32 heavy (non-hydrogen) atoms. The van der Waals surface area contributed by atoms with E-state index in [0.717, 1.165) is 24.3 Å². The maximum Gasteiger partial charge on any atom is 0.127 e. The van der Waals surface area contributed by atoms with E-state index in [-0.39, 0.29) is 0 Å². The zero-order valence-electron chi connectivity index (χ0n) is 18.7. The average molecular weight is 421 g/mol. The lowest BCUT2D eigenvalue weighted by atomic mass is 9.84. The molecule has 4 aromatic carbocycles. The maximum absolute atomic E-state index is 6.24. The Hall–Kier alpha value is -3.52. The van der Waals surface area contributed by atoms with Crippen LogP contribution in [0.2, 0.25) is 0 Å². The Bertz CT molecular complexity index is 1130. The van der Waals surface area contributed by atoms with Crippen LogP contribution in [0.15, 0.2) is 84.9 Å². The van der Waals surface area contributed by atoms with Gasteiger partial charge in [0.15, 0.2) is 0 Å². The fraction of sp³-hybridized carbons (Fsp3) is 0.200. The number of fused-ring (bicyclic) bond motifs is 3. The minimum atomic E-state index is 0.544. The Balaban J connectivity index is 1.84. The Morgan fingerprint density at radius 1 is 0.531 bits per heavy atom. The van der Waals surface area contributed by atoms with E-state index in [2.05, 4.69) is 98.8 Å². The summed E-state index contributed by atoms with van der Waals surface area (Å²) in [6.45, 7) is 5.55. The highest BCUT2D eigenvalue weighted by Crippen LogP contribution is 2.48. The maximum atomic E-state index is 6.24. The second kappa shape index (κ2) is 8.92. The van der Waals surface area contributed by atoms with Gasteiger partial charge in [0, 0.05) is 11.1 Å². The first-order valence-corrected chi connectivity index (χ1v) is 11.5. The standard InChI is InChI=1S/C30H28O2/c1-3-23-25(21-11-7-5-8-12-21)15-17-27-29(23)30-24(4-2)26(22-13-9-6-10-14-22)16-18-28(30)32-20-19-31-27/h5-18H,3-4,19-20H2,1-2H3. The van der Waals surface area contributed by atoms with E-state index in [4.69, 9.17) is 9.47 Å². The highest BCUT2D eigenvalue weighted by molar-refractivity contribution is 5.90. The summed E-state index contributed by atoms with van der Waals surface area (Å²) >= 11 is 0. The van der Waals surface area contributed by atoms with Crippen LogP contribution in [0.25, 0.3) is 33.4 Å². The molecule has 0 bridgehead atoms. The lowest BCUT2D eigenvalue weighted by Crippen LogP contribution is -2.14. The summed E-state index contributed by atoms with van der Waals surface area (Å²) in [5.41, 5.74) is 9.95. The van der Waals surface area contributed by atoms with Gasteiger partial charge in [0.05, 0.1) is 0 Å². The minimum absolute atomic E-state index is 0.544. The molecular formula is C30H28O2. The molecule has 5 rings (SSSR count). The van der Waals surface area contributed by atoms with Crippen LogP contribution in [0.1, 0.15) is 25.0 Å². The molecule has 4 aromatic rings. The van der Waals surface area contributed by atoms with Crippen molar-refractivity contribution in [2.75, 3.05) is 13.2 Å². The first kappa shape index (κ1) is 20.4. The van der Waals surface area contributed by atoms with Crippen LogP contribution in [-0.4, -0.2) is 13.2 Å². The lowest BCUT2D eigenvalue weighted by molar-refractivity contribution is 0.214. The number of rotatable bonds is 4. The Morgan fingerprint density at radius 3 is 1.31 bits per heavy atom. The predicted molar refractivity (Wildman–Crippen MR) is 132 cm³/mol. The van der Waals surface area contributed by atoms with E-state index in [1.54, 1.807) is 0 Å². The third kappa shape index (κ3) is 3.56. The molecule has 1 aliphatic rings. The third-order valence-electron chi connectivity index (χ3n) is 6.27. The van der Waals surface area contributed by atoms with Crippen LogP contribution < -0.4 is 9.47 Å². The van der Waals surface area contributed by atoms with E-state index >= 15 is 0 Å². The van der Waals surface area contributed by atoms with Crippen molar-refractivity contribution in [1.82, 2.24) is 0 Å². The summed E-state index contributed by atoms with van der Waals surface area (Å²) in [7, 11) is 0. The van der Waals surface area contributed by atoms with Gasteiger partial charge in [0.25, 0.3) is 0 Å². The molecule has 0 atom stereocenters. The van der Waals surface area contributed by atoms with Crippen LogP contribution in [0.4, 0.5) is 0 Å². The lowest BCUT2D eigenvalue weighted by Gasteiger charge is -2.26. The minimum Gasteiger partial charge on any atom is -0.489 e. The fourth-order valence-electron chi connectivity index (χ4n) is 4.86. The third-order valence-corrected chi connectivity index (χ3v) is 6.27. The molecule has 0 spiro atoms. The number of hydrogen-bond acceptors (Lipinski definition) is 2. The van der Waals surface area contributed by atoms with Crippen molar-refractivity contribution in [3.05, 3.63) is 96.1 Å². The molecule has 0 aliphatic carbocycles. The molecule has 160 valence electrons. The van der Waals surface area contributed by atoms with Gasteiger partial charge in [-0.05, 0) is 58.4 Å². The molecule has 0 saturated heterocycles. The average Bonchev–Trinajstić information content (AvgIpc) is 2.85. The first-order valence-electron chi connectivity index (χ1n) is 11.5. The second-order valence-corrected chi connectivity index (χ2v) is 8.07. The quantitative estimate of drug-likeness (QED) is 0.339. The molecule has 0 saturated carbocycles. The van der Waals surface area contributed by atoms with Crippen molar-refractivity contribution in [2.24, 2.45) is 0 Å². The van der Waals surface area contributed by atoms with Crippen LogP contribution >= 0.6 is 0 Å². The molecule has 0 N–H and O–H groups in total. The molecular weight excluding hydrogens is 392 g/mol. The van der Waals surface area contributed by atoms with E-state index in [1.807, 2.05) is 0 Å². The van der Waals surface area contributed by atoms with Crippen LogP contribution in [0.3, 0.4) is 0 Å². The molecule has 0 amide bonds. The van der Waals surface area contributed by atoms with E-state index in [9.17, 15) is 0 Å². The molecule has 0 radical (unpaired) electrons. The predicted octanol–water partition coefficient (Wildman–Crippen LogP) is 7.58. The number of benzene rings is 4. The van der Waals surface area contributed by atoms with Gasteiger partial charge in [0.1, 0.15) is 24.7 Å². The zero-order valence-corrected chi connectivity index (χ0v) is 18.7. The van der Waals surface area contributed by atoms with E-state index in [1.165, 1.54) is 44.5 Å². The summed E-state index contributed by atoms with van der Waals surface area (Å²) < 4.78 is 12.5. The van der Waals surface area contributed by atoms with Crippen molar-refractivity contribution in [2.45, 2.75) is 26.7 Å². The molecule has 1 aliphatic heterocycles. The summed E-state index contributed by atoms with van der Waals surface area (Å²) in [4.78, 5) is 0. The van der Waals surface area contributed by atoms with Crippen LogP contribution in [-0.2, 0) is 12.8 Å². The monoisotopic (exact) mass is 420 g/mol. The zero-order chi connectivity index (χ0) is 21.9. The molecule has 1 heterocycles. The Kier molecular flexibility index (Phi) is 5.68. The Morgan fingerprint density at radius 2 is 0.938 bits per heavy atom. The number of hydrogen-bond donors (Lipinski definition) is 0. The van der Waals surface area contributed by atoms with Crippen molar-refractivity contribution < 1.29 is 9.47 Å². The smallest absolute Gasteiger partial charge is 0.127 e. The van der Waals surface area contributed by atoms with Gasteiger partial charge < -0.3 is 9.47 Å². The Labute approximate surface area is 190 Å². The van der Waals surface area contributed by atoms with Gasteiger partial charge in [-0.25, -0.2) is 0 Å². The highest BCUT2D eigenvalue weighted by atomic mass is 16.5. The fourth-order valence-corrected chi connectivity index (χ4v) is 4.86. The summed E-state index contributed by atoms with van der Waals surface area (Å²) in [6, 6.07) is 30.0. The molecule has 0 unspecified atom stereocenters. The SMILES string of the molecule is CCc1c(-c2ccccc2)ccc2c1-c1c(ccc(-c3ccccc3)c1CC)OCCO2. The molecule has 2 heteroatoms. The molecule has 2 nitrogen and oxygen atoms in total. The highest BCUT2D eigenvalue weighted by Gasteiger charge is 2.25. The second-order valence-electron chi connectivity index (χ2n) is 8.07. The topological polar surface area (TPSA) is 18.5 Å². The normalized spacial score (nSPS) is 12.6. The van der Waals surface area contributed by atoms with Gasteiger partial charge in [-0.3, -0.25) is 0 Å². The van der Waals surface area contributed by atoms with Crippen molar-refractivity contribution in [3.63, 3.8) is 0 Å². The summed E-state index contributed by atoms with van der Waals surface area (Å²) in [6.07, 6.45) is 1.82. The first-order chi connectivity index (χ1) is 15.8. The van der Waals surface area contributed by atoms with Crippen molar-refractivity contribution >= 4 is 0 Å². The largest absolute Gasteiger partial charge is 0.489 e. The van der Waals surface area contributed by atoms with E-state index < -0.39 is 0 Å². The summed E-state index contributed by atoms with van der Waals surface area (Å²) in [5.74, 6) is 1.90. The van der Waals surface area contributed by atoms with E-state index in [0.29, 0.717) is 13.2 Å². The van der Waals surface area contributed by atoms with Crippen molar-refractivity contribution in [3.8, 4) is 44.9 Å². The van der Waals surface area contributed by atoms with Gasteiger partial charge in [-0.15, -0.1) is 0 Å². The van der Waals surface area contributed by atoms with Gasteiger partial charge in [-0.2, -0.15) is 0 Å². The van der Waals surface area contributed by atoms with Gasteiger partial charge in [-0.1, -0.05) is 86.6 Å². The van der Waals surface area contributed by atoms with Crippen molar-refractivity contribution in [1.29, 1.82) is 0 Å². The van der Waals surface area contributed by atoms with Crippen LogP contribution in [0.5, 0.6) is 11.5 Å².